The molecule has 108 valence electrons. The van der Waals surface area contributed by atoms with Crippen molar-refractivity contribution in [3.8, 4) is 0 Å². The van der Waals surface area contributed by atoms with Crippen LogP contribution in [0.1, 0.15) is 17.2 Å². The third-order valence-electron chi connectivity index (χ3n) is 2.83. The molecule has 1 heterocycles. The summed E-state index contributed by atoms with van der Waals surface area (Å²) in [5.74, 6) is 0. The van der Waals surface area contributed by atoms with E-state index in [1.807, 2.05) is 0 Å². The molecular weight excluding hydrogens is 271 g/mol. The number of aliphatic hydroxyl groups is 1. The number of anilines is 1. The Kier molecular flexibility index (Phi) is 3.99. The number of benzene rings is 1. The van der Waals surface area contributed by atoms with Gasteiger partial charge in [0, 0.05) is 19.8 Å². The topological polar surface area (TPSA) is 50.1 Å². The molecule has 0 spiro atoms. The molecular formula is C13H14F3N3O. The summed E-state index contributed by atoms with van der Waals surface area (Å²) in [4.78, 5) is 0. The lowest BCUT2D eigenvalue weighted by atomic mass is 10.1. The molecule has 0 saturated carbocycles. The molecule has 0 aliphatic heterocycles. The molecule has 2 N–H and O–H groups in total. The molecule has 2 aromatic rings. The van der Waals surface area contributed by atoms with Crippen LogP contribution < -0.4 is 5.32 Å². The number of nitrogens with zero attached hydrogens (tertiary/aromatic N) is 2. The average molecular weight is 285 g/mol. The minimum absolute atomic E-state index is 0.192. The van der Waals surface area contributed by atoms with E-state index in [1.165, 1.54) is 12.1 Å². The van der Waals surface area contributed by atoms with E-state index in [-0.39, 0.29) is 6.54 Å². The number of aromatic nitrogens is 2. The van der Waals surface area contributed by atoms with Gasteiger partial charge in [0.25, 0.3) is 0 Å². The molecule has 0 saturated heterocycles. The van der Waals surface area contributed by atoms with Crippen molar-refractivity contribution in [2.75, 3.05) is 11.9 Å². The lowest BCUT2D eigenvalue weighted by Gasteiger charge is -2.13. The number of aryl methyl sites for hydroxylation is 1. The van der Waals surface area contributed by atoms with Gasteiger partial charge in [0.05, 0.1) is 23.6 Å². The largest absolute Gasteiger partial charge is 0.416 e. The third-order valence-corrected chi connectivity index (χ3v) is 2.83. The van der Waals surface area contributed by atoms with Crippen LogP contribution in [0.15, 0.2) is 36.7 Å². The first-order valence-corrected chi connectivity index (χ1v) is 5.94. The molecule has 20 heavy (non-hydrogen) atoms. The molecule has 1 aromatic heterocycles. The van der Waals surface area contributed by atoms with Gasteiger partial charge in [-0.1, -0.05) is 12.1 Å². The van der Waals surface area contributed by atoms with Crippen molar-refractivity contribution < 1.29 is 18.3 Å². The fourth-order valence-electron chi connectivity index (χ4n) is 1.74. The fourth-order valence-corrected chi connectivity index (χ4v) is 1.74. The molecule has 1 atom stereocenters. The van der Waals surface area contributed by atoms with E-state index in [4.69, 9.17) is 0 Å². The lowest BCUT2D eigenvalue weighted by molar-refractivity contribution is -0.137. The van der Waals surface area contributed by atoms with Gasteiger partial charge in [0.15, 0.2) is 0 Å². The van der Waals surface area contributed by atoms with Crippen LogP contribution >= 0.6 is 0 Å². The molecule has 0 aliphatic carbocycles. The van der Waals surface area contributed by atoms with Gasteiger partial charge >= 0.3 is 6.18 Å². The summed E-state index contributed by atoms with van der Waals surface area (Å²) in [6.45, 7) is 0.192. The van der Waals surface area contributed by atoms with Gasteiger partial charge in [-0.25, -0.2) is 0 Å². The predicted molar refractivity (Wildman–Crippen MR) is 68.1 cm³/mol. The summed E-state index contributed by atoms with van der Waals surface area (Å²) in [6, 6.07) is 4.47. The van der Waals surface area contributed by atoms with Crippen LogP contribution in [0.25, 0.3) is 0 Å². The van der Waals surface area contributed by atoms with Crippen LogP contribution in [0.4, 0.5) is 18.9 Å². The summed E-state index contributed by atoms with van der Waals surface area (Å²) in [7, 11) is 1.76. The van der Waals surface area contributed by atoms with E-state index in [9.17, 15) is 18.3 Å². The van der Waals surface area contributed by atoms with E-state index in [0.717, 1.165) is 17.8 Å². The Morgan fingerprint density at radius 2 is 1.95 bits per heavy atom. The molecule has 0 bridgehead atoms. The maximum atomic E-state index is 12.4. The standard InChI is InChI=1S/C13H14F3N3O/c1-19-8-11(6-18-19)17-7-12(20)9-2-4-10(5-3-9)13(14,15)16/h2-6,8,12,17,20H,7H2,1H3. The normalized spacial score (nSPS) is 13.2. The van der Waals surface area contributed by atoms with Crippen molar-refractivity contribution in [1.82, 2.24) is 9.78 Å². The van der Waals surface area contributed by atoms with Crippen LogP contribution in [0.5, 0.6) is 0 Å². The van der Waals surface area contributed by atoms with Crippen LogP contribution in [0.2, 0.25) is 0 Å². The second-order valence-corrected chi connectivity index (χ2v) is 4.42. The maximum Gasteiger partial charge on any atom is 0.416 e. The second-order valence-electron chi connectivity index (χ2n) is 4.42. The summed E-state index contributed by atoms with van der Waals surface area (Å²) in [6.07, 6.45) is -1.92. The highest BCUT2D eigenvalue weighted by Gasteiger charge is 2.30. The molecule has 2 rings (SSSR count). The minimum Gasteiger partial charge on any atom is -0.387 e. The van der Waals surface area contributed by atoms with Crippen molar-refractivity contribution in [2.24, 2.45) is 7.05 Å². The summed E-state index contributed by atoms with van der Waals surface area (Å²) < 4.78 is 38.8. The first kappa shape index (κ1) is 14.4. The average Bonchev–Trinajstić information content (AvgIpc) is 2.81. The zero-order valence-electron chi connectivity index (χ0n) is 10.7. The van der Waals surface area contributed by atoms with Crippen LogP contribution in [-0.2, 0) is 13.2 Å². The lowest BCUT2D eigenvalue weighted by Crippen LogP contribution is -2.12. The SMILES string of the molecule is Cn1cc(NCC(O)c2ccc(C(F)(F)F)cc2)cn1. The Morgan fingerprint density at radius 1 is 1.30 bits per heavy atom. The van der Waals surface area contributed by atoms with Gasteiger partial charge in [-0.2, -0.15) is 18.3 Å². The van der Waals surface area contributed by atoms with Crippen LogP contribution in [0, 0.1) is 0 Å². The Balaban J connectivity index is 1.97. The van der Waals surface area contributed by atoms with Gasteiger partial charge in [-0.05, 0) is 17.7 Å². The van der Waals surface area contributed by atoms with Crippen LogP contribution in [0.3, 0.4) is 0 Å². The molecule has 1 aromatic carbocycles. The minimum atomic E-state index is -4.36. The number of hydrogen-bond acceptors (Lipinski definition) is 3. The highest BCUT2D eigenvalue weighted by atomic mass is 19.4. The summed E-state index contributed by atoms with van der Waals surface area (Å²) >= 11 is 0. The monoisotopic (exact) mass is 285 g/mol. The van der Waals surface area contributed by atoms with Gasteiger partial charge in [0.2, 0.25) is 0 Å². The Bertz CT molecular complexity index is 563. The van der Waals surface area contributed by atoms with Gasteiger partial charge in [-0.3, -0.25) is 4.68 Å². The highest BCUT2D eigenvalue weighted by molar-refractivity contribution is 5.38. The zero-order chi connectivity index (χ0) is 14.8. The summed E-state index contributed by atoms with van der Waals surface area (Å²) in [5.41, 5.74) is 0.432. The first-order valence-electron chi connectivity index (χ1n) is 5.94. The number of alkyl halides is 3. The number of hydrogen-bond donors (Lipinski definition) is 2. The van der Waals surface area contributed by atoms with Crippen molar-refractivity contribution in [1.29, 1.82) is 0 Å². The third kappa shape index (κ3) is 3.51. The maximum absolute atomic E-state index is 12.4. The second kappa shape index (κ2) is 5.54. The first-order chi connectivity index (χ1) is 9.36. The quantitative estimate of drug-likeness (QED) is 0.907. The summed E-state index contributed by atoms with van der Waals surface area (Å²) in [5, 5.41) is 16.8. The Morgan fingerprint density at radius 3 is 2.45 bits per heavy atom. The smallest absolute Gasteiger partial charge is 0.387 e. The Hall–Kier alpha value is -2.02. The van der Waals surface area contributed by atoms with Crippen molar-refractivity contribution in [3.63, 3.8) is 0 Å². The molecule has 0 fully saturated rings. The number of nitrogens with one attached hydrogen (secondary N) is 1. The molecule has 7 heteroatoms. The molecule has 0 aliphatic rings. The van der Waals surface area contributed by atoms with Crippen LogP contribution in [-0.4, -0.2) is 21.4 Å². The van der Waals surface area contributed by atoms with E-state index in [0.29, 0.717) is 5.56 Å². The molecule has 1 unspecified atom stereocenters. The number of halogens is 3. The fraction of sp³-hybridized carbons (Fsp3) is 0.308. The van der Waals surface area contributed by atoms with Crippen molar-refractivity contribution in [3.05, 3.63) is 47.8 Å². The van der Waals surface area contributed by atoms with Gasteiger partial charge < -0.3 is 10.4 Å². The highest BCUT2D eigenvalue weighted by Crippen LogP contribution is 2.29. The molecule has 0 radical (unpaired) electrons. The number of aliphatic hydroxyl groups excluding tert-OH is 1. The van der Waals surface area contributed by atoms with E-state index in [2.05, 4.69) is 10.4 Å². The van der Waals surface area contributed by atoms with Gasteiger partial charge in [-0.15, -0.1) is 0 Å². The molecule has 0 amide bonds. The number of rotatable bonds is 4. The van der Waals surface area contributed by atoms with E-state index < -0.39 is 17.8 Å². The Labute approximate surface area is 113 Å². The van der Waals surface area contributed by atoms with Crippen molar-refractivity contribution in [2.45, 2.75) is 12.3 Å². The molecule has 4 nitrogen and oxygen atoms in total. The van der Waals surface area contributed by atoms with E-state index >= 15 is 0 Å². The van der Waals surface area contributed by atoms with Crippen molar-refractivity contribution >= 4 is 5.69 Å². The zero-order valence-corrected chi connectivity index (χ0v) is 10.7. The predicted octanol–water partition coefficient (Wildman–Crippen LogP) is 2.58. The van der Waals surface area contributed by atoms with Gasteiger partial charge in [0.1, 0.15) is 0 Å². The van der Waals surface area contributed by atoms with E-state index in [1.54, 1.807) is 24.1 Å².